The fourth-order valence-corrected chi connectivity index (χ4v) is 2.52. The Bertz CT molecular complexity index is 561. The van der Waals surface area contributed by atoms with Gasteiger partial charge in [0.2, 0.25) is 5.91 Å². The first-order valence-electron chi connectivity index (χ1n) is 5.89. The number of aliphatic hydroxyl groups is 1. The zero-order valence-electron chi connectivity index (χ0n) is 9.76. The number of hydrogen-bond donors (Lipinski definition) is 2. The molecule has 3 heteroatoms. The van der Waals surface area contributed by atoms with Gasteiger partial charge in [0.05, 0.1) is 6.04 Å². The third-order valence-corrected chi connectivity index (χ3v) is 3.28. The highest BCUT2D eigenvalue weighted by Gasteiger charge is 2.28. The van der Waals surface area contributed by atoms with Gasteiger partial charge in [0.25, 0.3) is 0 Å². The molecule has 0 spiro atoms. The van der Waals surface area contributed by atoms with E-state index in [1.54, 1.807) is 0 Å². The van der Waals surface area contributed by atoms with Crippen LogP contribution in [-0.2, 0) is 4.79 Å². The van der Waals surface area contributed by atoms with E-state index in [0.717, 1.165) is 22.3 Å². The molecule has 0 unspecified atom stereocenters. The Kier molecular flexibility index (Phi) is 2.61. The topological polar surface area (TPSA) is 49.3 Å². The van der Waals surface area contributed by atoms with Gasteiger partial charge in [0.15, 0.2) is 0 Å². The molecule has 2 aromatic carbocycles. The molecular formula is C15H13NO2. The van der Waals surface area contributed by atoms with E-state index in [4.69, 9.17) is 5.11 Å². The standard InChI is InChI=1S/C15H13NO2/c17-9-14(18)16-15-12-7-3-1-5-10(12)11-6-2-4-8-13(11)15/h1-8,15,17H,9H2,(H,16,18). The fourth-order valence-electron chi connectivity index (χ4n) is 2.52. The lowest BCUT2D eigenvalue weighted by Gasteiger charge is -2.14. The van der Waals surface area contributed by atoms with Crippen molar-refractivity contribution in [2.75, 3.05) is 6.61 Å². The lowest BCUT2D eigenvalue weighted by Crippen LogP contribution is -2.30. The van der Waals surface area contributed by atoms with Gasteiger partial charge in [-0.05, 0) is 22.3 Å². The van der Waals surface area contributed by atoms with Crippen LogP contribution < -0.4 is 5.32 Å². The zero-order valence-corrected chi connectivity index (χ0v) is 9.76. The minimum Gasteiger partial charge on any atom is -0.387 e. The van der Waals surface area contributed by atoms with Gasteiger partial charge >= 0.3 is 0 Å². The van der Waals surface area contributed by atoms with Crippen LogP contribution in [0.5, 0.6) is 0 Å². The molecule has 2 aromatic rings. The second-order valence-electron chi connectivity index (χ2n) is 4.33. The summed E-state index contributed by atoms with van der Waals surface area (Å²) in [6.07, 6.45) is 0. The van der Waals surface area contributed by atoms with Gasteiger partial charge < -0.3 is 10.4 Å². The van der Waals surface area contributed by atoms with Crippen molar-refractivity contribution in [1.29, 1.82) is 0 Å². The number of fused-ring (bicyclic) bond motifs is 3. The fraction of sp³-hybridized carbons (Fsp3) is 0.133. The molecule has 0 bridgehead atoms. The Morgan fingerprint density at radius 1 is 1.00 bits per heavy atom. The summed E-state index contributed by atoms with van der Waals surface area (Å²) >= 11 is 0. The summed E-state index contributed by atoms with van der Waals surface area (Å²) in [5.74, 6) is -0.355. The normalized spacial score (nSPS) is 12.9. The summed E-state index contributed by atoms with van der Waals surface area (Å²) in [7, 11) is 0. The number of carbonyl (C=O) groups is 1. The molecule has 18 heavy (non-hydrogen) atoms. The highest BCUT2D eigenvalue weighted by atomic mass is 16.3. The maximum Gasteiger partial charge on any atom is 0.246 e. The van der Waals surface area contributed by atoms with Gasteiger partial charge in [0, 0.05) is 0 Å². The van der Waals surface area contributed by atoms with Gasteiger partial charge in [0.1, 0.15) is 6.61 Å². The summed E-state index contributed by atoms with van der Waals surface area (Å²) < 4.78 is 0. The van der Waals surface area contributed by atoms with E-state index in [-0.39, 0.29) is 11.9 Å². The summed E-state index contributed by atoms with van der Waals surface area (Å²) in [6.45, 7) is -0.485. The van der Waals surface area contributed by atoms with E-state index in [2.05, 4.69) is 17.4 Å². The molecule has 0 atom stereocenters. The van der Waals surface area contributed by atoms with Crippen LogP contribution >= 0.6 is 0 Å². The molecule has 1 aliphatic rings. The predicted octanol–water partition coefficient (Wildman–Crippen LogP) is 1.86. The zero-order chi connectivity index (χ0) is 12.5. The van der Waals surface area contributed by atoms with Gasteiger partial charge in [-0.3, -0.25) is 4.79 Å². The van der Waals surface area contributed by atoms with E-state index < -0.39 is 6.61 Å². The lowest BCUT2D eigenvalue weighted by molar-refractivity contribution is -0.124. The van der Waals surface area contributed by atoms with Crippen LogP contribution in [0.15, 0.2) is 48.5 Å². The highest BCUT2D eigenvalue weighted by molar-refractivity contribution is 5.83. The Morgan fingerprint density at radius 2 is 1.50 bits per heavy atom. The van der Waals surface area contributed by atoms with Crippen molar-refractivity contribution in [3.8, 4) is 11.1 Å². The molecular weight excluding hydrogens is 226 g/mol. The molecule has 1 aliphatic carbocycles. The summed E-state index contributed by atoms with van der Waals surface area (Å²) in [5.41, 5.74) is 4.47. The quantitative estimate of drug-likeness (QED) is 0.840. The average molecular weight is 239 g/mol. The Balaban J connectivity index is 2.12. The number of hydrogen-bond acceptors (Lipinski definition) is 2. The van der Waals surface area contributed by atoms with Crippen LogP contribution in [0.25, 0.3) is 11.1 Å². The molecule has 0 saturated carbocycles. The first kappa shape index (κ1) is 11.0. The lowest BCUT2D eigenvalue weighted by atomic mass is 10.1. The number of rotatable bonds is 2. The second-order valence-corrected chi connectivity index (χ2v) is 4.33. The molecule has 0 aliphatic heterocycles. The van der Waals surface area contributed by atoms with Crippen molar-refractivity contribution in [2.45, 2.75) is 6.04 Å². The van der Waals surface area contributed by atoms with E-state index >= 15 is 0 Å². The van der Waals surface area contributed by atoms with Crippen LogP contribution in [0.4, 0.5) is 0 Å². The van der Waals surface area contributed by atoms with E-state index in [1.165, 1.54) is 0 Å². The molecule has 0 radical (unpaired) electrons. The third kappa shape index (κ3) is 1.60. The molecule has 0 heterocycles. The largest absolute Gasteiger partial charge is 0.387 e. The van der Waals surface area contributed by atoms with Gasteiger partial charge in [-0.2, -0.15) is 0 Å². The molecule has 0 saturated heterocycles. The van der Waals surface area contributed by atoms with Crippen LogP contribution in [0, 0.1) is 0 Å². The molecule has 90 valence electrons. The third-order valence-electron chi connectivity index (χ3n) is 3.28. The summed E-state index contributed by atoms with van der Waals surface area (Å²) in [6, 6.07) is 15.9. The molecule has 3 nitrogen and oxygen atoms in total. The minimum absolute atomic E-state index is 0.156. The molecule has 0 fully saturated rings. The number of carbonyl (C=O) groups excluding carboxylic acids is 1. The van der Waals surface area contributed by atoms with Gasteiger partial charge in [-0.15, -0.1) is 0 Å². The highest BCUT2D eigenvalue weighted by Crippen LogP contribution is 2.42. The van der Waals surface area contributed by atoms with Crippen LogP contribution in [0.3, 0.4) is 0 Å². The smallest absolute Gasteiger partial charge is 0.246 e. The van der Waals surface area contributed by atoms with E-state index in [0.29, 0.717) is 0 Å². The molecule has 1 amide bonds. The Hall–Kier alpha value is -2.13. The summed E-state index contributed by atoms with van der Waals surface area (Å²) in [5, 5.41) is 11.7. The van der Waals surface area contributed by atoms with Gasteiger partial charge in [-0.1, -0.05) is 48.5 Å². The van der Waals surface area contributed by atoms with Crippen molar-refractivity contribution >= 4 is 5.91 Å². The predicted molar refractivity (Wildman–Crippen MR) is 68.9 cm³/mol. The van der Waals surface area contributed by atoms with Crippen molar-refractivity contribution in [2.24, 2.45) is 0 Å². The van der Waals surface area contributed by atoms with Crippen molar-refractivity contribution in [1.82, 2.24) is 5.32 Å². The number of benzene rings is 2. The Labute approximate surface area is 105 Å². The van der Waals surface area contributed by atoms with Crippen LogP contribution in [0.2, 0.25) is 0 Å². The maximum absolute atomic E-state index is 11.4. The van der Waals surface area contributed by atoms with Crippen LogP contribution in [-0.4, -0.2) is 17.6 Å². The second kappa shape index (κ2) is 4.27. The summed E-state index contributed by atoms with van der Waals surface area (Å²) in [4.78, 5) is 11.4. The molecule has 3 rings (SSSR count). The molecule has 0 aromatic heterocycles. The SMILES string of the molecule is O=C(CO)NC1c2ccccc2-c2ccccc21. The average Bonchev–Trinajstić information content (AvgIpc) is 2.74. The van der Waals surface area contributed by atoms with Crippen molar-refractivity contribution < 1.29 is 9.90 Å². The van der Waals surface area contributed by atoms with E-state index in [1.807, 2.05) is 36.4 Å². The monoisotopic (exact) mass is 239 g/mol. The van der Waals surface area contributed by atoms with E-state index in [9.17, 15) is 4.79 Å². The van der Waals surface area contributed by atoms with Crippen molar-refractivity contribution in [3.63, 3.8) is 0 Å². The number of nitrogens with one attached hydrogen (secondary N) is 1. The first-order chi connectivity index (χ1) is 8.81. The first-order valence-corrected chi connectivity index (χ1v) is 5.89. The Morgan fingerprint density at radius 3 is 2.00 bits per heavy atom. The van der Waals surface area contributed by atoms with Gasteiger partial charge in [-0.25, -0.2) is 0 Å². The number of amides is 1. The maximum atomic E-state index is 11.4. The molecule has 2 N–H and O–H groups in total. The van der Waals surface area contributed by atoms with Crippen LogP contribution in [0.1, 0.15) is 17.2 Å². The number of aliphatic hydroxyl groups excluding tert-OH is 1. The van der Waals surface area contributed by atoms with Crippen molar-refractivity contribution in [3.05, 3.63) is 59.7 Å². The minimum atomic E-state index is -0.485.